The van der Waals surface area contributed by atoms with Crippen molar-refractivity contribution >= 4 is 11.8 Å². The molecule has 1 unspecified atom stereocenters. The average Bonchev–Trinajstić information content (AvgIpc) is 3.20. The van der Waals surface area contributed by atoms with Crippen molar-refractivity contribution in [1.82, 2.24) is 10.6 Å². The number of amides is 2. The summed E-state index contributed by atoms with van der Waals surface area (Å²) in [6.45, 7) is 2.35. The molecule has 6 aliphatic rings. The molecule has 10 atom stereocenters. The third kappa shape index (κ3) is 2.47. The summed E-state index contributed by atoms with van der Waals surface area (Å²) in [6, 6.07) is 3.60. The molecule has 5 nitrogen and oxygen atoms in total. The van der Waals surface area contributed by atoms with Gasteiger partial charge in [-0.15, -0.1) is 0 Å². The number of hydrogen-bond donors (Lipinski definition) is 2. The Morgan fingerprint density at radius 1 is 0.900 bits per heavy atom. The van der Waals surface area contributed by atoms with Gasteiger partial charge >= 0.3 is 0 Å². The van der Waals surface area contributed by atoms with Crippen LogP contribution in [-0.4, -0.2) is 18.4 Å². The van der Waals surface area contributed by atoms with Gasteiger partial charge in [0.2, 0.25) is 11.8 Å². The molecule has 30 heavy (non-hydrogen) atoms. The molecule has 160 valence electrons. The number of nitrogens with one attached hydrogen (secondary N) is 2. The Balaban J connectivity index is 1.02. The molecule has 2 amide bonds. The summed E-state index contributed by atoms with van der Waals surface area (Å²) in [4.78, 5) is 26.0. The maximum Gasteiger partial charge on any atom is 0.224 e. The lowest BCUT2D eigenvalue weighted by Crippen LogP contribution is -2.40. The molecule has 6 saturated carbocycles. The SMILES string of the molecule is Cc1ccc([C@H](CNC(=O)C2[C@@H]3[C@H]4CC[C@@H](C4)[C@H]23)NC(=O)C2[C@H]3[C@H]4CC[C@@H](C4)[C@H]23)o1. The Labute approximate surface area is 177 Å². The molecule has 2 N–H and O–H groups in total. The molecule has 0 aromatic carbocycles. The Morgan fingerprint density at radius 2 is 1.43 bits per heavy atom. The van der Waals surface area contributed by atoms with Gasteiger partial charge in [0.05, 0.1) is 0 Å². The Kier molecular flexibility index (Phi) is 3.65. The third-order valence-corrected chi connectivity index (χ3v) is 9.98. The molecule has 1 heterocycles. The van der Waals surface area contributed by atoms with Gasteiger partial charge in [0, 0.05) is 18.4 Å². The van der Waals surface area contributed by atoms with E-state index in [0.717, 1.165) is 35.2 Å². The van der Waals surface area contributed by atoms with Crippen molar-refractivity contribution in [3.8, 4) is 0 Å². The first-order chi connectivity index (χ1) is 14.6. The minimum atomic E-state index is -0.274. The molecular formula is C25H32N2O3. The second-order valence-electron chi connectivity index (χ2n) is 11.3. The minimum absolute atomic E-state index is 0.177. The van der Waals surface area contributed by atoms with Crippen molar-refractivity contribution < 1.29 is 14.0 Å². The van der Waals surface area contributed by atoms with Crippen LogP contribution in [0, 0.1) is 66.1 Å². The van der Waals surface area contributed by atoms with Crippen molar-refractivity contribution in [2.24, 2.45) is 59.2 Å². The van der Waals surface area contributed by atoms with Crippen molar-refractivity contribution in [2.75, 3.05) is 6.54 Å². The molecule has 6 aliphatic carbocycles. The van der Waals surface area contributed by atoms with Gasteiger partial charge in [-0.05, 0) is 105 Å². The van der Waals surface area contributed by atoms with Crippen molar-refractivity contribution in [3.05, 3.63) is 23.7 Å². The largest absolute Gasteiger partial charge is 0.464 e. The molecule has 1 aromatic rings. The predicted molar refractivity (Wildman–Crippen MR) is 110 cm³/mol. The van der Waals surface area contributed by atoms with Crippen LogP contribution in [0.4, 0.5) is 0 Å². The smallest absolute Gasteiger partial charge is 0.224 e. The molecule has 7 rings (SSSR count). The predicted octanol–water partition coefficient (Wildman–Crippen LogP) is 3.45. The van der Waals surface area contributed by atoms with Gasteiger partial charge in [-0.1, -0.05) is 0 Å². The first kappa shape index (κ1) is 17.9. The van der Waals surface area contributed by atoms with E-state index in [1.807, 2.05) is 19.1 Å². The summed E-state index contributed by atoms with van der Waals surface area (Å²) in [5.74, 6) is 8.08. The van der Waals surface area contributed by atoms with Gasteiger partial charge in [-0.25, -0.2) is 0 Å². The number of carbonyl (C=O) groups is 2. The van der Waals surface area contributed by atoms with E-state index < -0.39 is 0 Å². The van der Waals surface area contributed by atoms with E-state index in [0.29, 0.717) is 30.2 Å². The number of hydrogen-bond acceptors (Lipinski definition) is 3. The number of fused-ring (bicyclic) bond motifs is 10. The van der Waals surface area contributed by atoms with E-state index in [2.05, 4.69) is 10.6 Å². The maximum absolute atomic E-state index is 13.1. The van der Waals surface area contributed by atoms with Gasteiger partial charge < -0.3 is 15.1 Å². The normalized spacial score (nSPS) is 47.0. The summed E-state index contributed by atoms with van der Waals surface area (Å²) in [5, 5.41) is 6.43. The maximum atomic E-state index is 13.1. The number of carbonyl (C=O) groups excluding carboxylic acids is 2. The molecule has 6 fully saturated rings. The minimum Gasteiger partial charge on any atom is -0.464 e. The molecule has 0 spiro atoms. The van der Waals surface area contributed by atoms with Crippen LogP contribution in [-0.2, 0) is 9.59 Å². The van der Waals surface area contributed by atoms with Crippen LogP contribution in [0.2, 0.25) is 0 Å². The second kappa shape index (κ2) is 6.14. The standard InChI is InChI=1S/C25H32N2O3/c1-11-2-7-17(30-11)16(27-25(29)23-20-14-5-6-15(9-14)21(20)23)10-26-24(28)22-18-12-3-4-13(8-12)19(18)22/h2,7,12-16,18-23H,3-6,8-10H2,1H3,(H,26,28)(H,27,29)/t12-,13-,14-,15-,16-,18-,19+,20-,21-,22?/m0/s1. The first-order valence-electron chi connectivity index (χ1n) is 12.2. The van der Waals surface area contributed by atoms with Crippen LogP contribution < -0.4 is 10.6 Å². The Morgan fingerprint density at radius 3 is 1.93 bits per heavy atom. The summed E-state index contributed by atoms with van der Waals surface area (Å²) < 4.78 is 5.86. The van der Waals surface area contributed by atoms with E-state index in [1.165, 1.54) is 38.5 Å². The van der Waals surface area contributed by atoms with Gasteiger partial charge in [0.25, 0.3) is 0 Å². The topological polar surface area (TPSA) is 71.3 Å². The lowest BCUT2D eigenvalue weighted by atomic mass is 10.0. The van der Waals surface area contributed by atoms with Crippen LogP contribution in [0.5, 0.6) is 0 Å². The zero-order chi connectivity index (χ0) is 20.1. The molecule has 4 bridgehead atoms. The van der Waals surface area contributed by atoms with Gasteiger partial charge in [-0.3, -0.25) is 9.59 Å². The highest BCUT2D eigenvalue weighted by Gasteiger charge is 2.68. The lowest BCUT2D eigenvalue weighted by molar-refractivity contribution is -0.126. The van der Waals surface area contributed by atoms with Crippen LogP contribution in [0.3, 0.4) is 0 Å². The van der Waals surface area contributed by atoms with Crippen molar-refractivity contribution in [1.29, 1.82) is 0 Å². The molecule has 0 radical (unpaired) electrons. The third-order valence-electron chi connectivity index (χ3n) is 9.98. The monoisotopic (exact) mass is 408 g/mol. The zero-order valence-electron chi connectivity index (χ0n) is 17.7. The second-order valence-corrected chi connectivity index (χ2v) is 11.3. The Bertz CT molecular complexity index is 876. The summed E-state index contributed by atoms with van der Waals surface area (Å²) in [5.41, 5.74) is 0. The van der Waals surface area contributed by atoms with Gasteiger partial charge in [0.15, 0.2) is 0 Å². The zero-order valence-corrected chi connectivity index (χ0v) is 17.7. The fraction of sp³-hybridized carbons (Fsp3) is 0.760. The van der Waals surface area contributed by atoms with E-state index >= 15 is 0 Å². The van der Waals surface area contributed by atoms with Crippen molar-refractivity contribution in [3.63, 3.8) is 0 Å². The van der Waals surface area contributed by atoms with Crippen LogP contribution in [0.1, 0.15) is 56.1 Å². The van der Waals surface area contributed by atoms with Crippen LogP contribution in [0.15, 0.2) is 16.5 Å². The fourth-order valence-electron chi connectivity index (χ4n) is 8.80. The van der Waals surface area contributed by atoms with Crippen LogP contribution in [0.25, 0.3) is 0 Å². The first-order valence-corrected chi connectivity index (χ1v) is 12.2. The van der Waals surface area contributed by atoms with Gasteiger partial charge in [-0.2, -0.15) is 0 Å². The number of aryl methyl sites for hydroxylation is 1. The lowest BCUT2D eigenvalue weighted by Gasteiger charge is -2.19. The molecular weight excluding hydrogens is 376 g/mol. The number of rotatable bonds is 6. The van der Waals surface area contributed by atoms with E-state index in [1.54, 1.807) is 0 Å². The van der Waals surface area contributed by atoms with Crippen LogP contribution >= 0.6 is 0 Å². The Hall–Kier alpha value is -1.78. The molecule has 5 heteroatoms. The molecule has 0 aliphatic heterocycles. The summed E-state index contributed by atoms with van der Waals surface area (Å²) in [6.07, 6.45) is 7.99. The van der Waals surface area contributed by atoms with E-state index in [9.17, 15) is 9.59 Å². The average molecular weight is 409 g/mol. The van der Waals surface area contributed by atoms with Crippen molar-refractivity contribution in [2.45, 2.75) is 51.5 Å². The summed E-state index contributed by atoms with van der Waals surface area (Å²) in [7, 11) is 0. The van der Waals surface area contributed by atoms with Gasteiger partial charge in [0.1, 0.15) is 17.6 Å². The van der Waals surface area contributed by atoms with E-state index in [-0.39, 0.29) is 29.7 Å². The molecule has 0 saturated heterocycles. The highest BCUT2D eigenvalue weighted by Crippen LogP contribution is 2.70. The molecule has 1 aromatic heterocycles. The fourth-order valence-corrected chi connectivity index (χ4v) is 8.80. The number of furan rings is 1. The quantitative estimate of drug-likeness (QED) is 0.757. The highest BCUT2D eigenvalue weighted by molar-refractivity contribution is 5.84. The van der Waals surface area contributed by atoms with E-state index in [4.69, 9.17) is 4.42 Å². The summed E-state index contributed by atoms with van der Waals surface area (Å²) >= 11 is 0. The highest BCUT2D eigenvalue weighted by atomic mass is 16.3.